The first-order valence-corrected chi connectivity index (χ1v) is 11.0. The fourth-order valence-corrected chi connectivity index (χ4v) is 3.40. The maximum atomic E-state index is 13.1. The molecule has 0 spiro atoms. The lowest BCUT2D eigenvalue weighted by Gasteiger charge is -2.29. The van der Waals surface area contributed by atoms with Crippen molar-refractivity contribution < 1.29 is 19.1 Å². The predicted octanol–water partition coefficient (Wildman–Crippen LogP) is 4.40. The number of hydrogen-bond acceptors (Lipinski definition) is 4. The van der Waals surface area contributed by atoms with Gasteiger partial charge in [0.25, 0.3) is 5.91 Å². The van der Waals surface area contributed by atoms with E-state index in [0.717, 1.165) is 21.2 Å². The van der Waals surface area contributed by atoms with Gasteiger partial charge in [-0.1, -0.05) is 28.1 Å². The molecule has 2 aromatic carbocycles. The molecule has 2 aromatic rings. The highest BCUT2D eigenvalue weighted by Crippen LogP contribution is 2.26. The summed E-state index contributed by atoms with van der Waals surface area (Å²) in [6, 6.07) is 10.5. The molecule has 2 amide bonds. The first-order valence-electron chi connectivity index (χ1n) is 10.2. The molecule has 1 N–H and O–H groups in total. The first kappa shape index (κ1) is 24.7. The highest BCUT2D eigenvalue weighted by molar-refractivity contribution is 9.10. The SMILES string of the molecule is COc1cccc(CN(C(=O)COc2cc(C)c(Br)c(C)c2)C(C)C(=O)NC(C)C)c1. The van der Waals surface area contributed by atoms with E-state index in [1.54, 1.807) is 14.0 Å². The lowest BCUT2D eigenvalue weighted by atomic mass is 10.1. The van der Waals surface area contributed by atoms with Crippen molar-refractivity contribution >= 4 is 27.7 Å². The topological polar surface area (TPSA) is 67.9 Å². The molecule has 168 valence electrons. The number of ether oxygens (including phenoxy) is 2. The van der Waals surface area contributed by atoms with Gasteiger partial charge in [0.05, 0.1) is 7.11 Å². The minimum atomic E-state index is -0.655. The van der Waals surface area contributed by atoms with Crippen molar-refractivity contribution in [2.45, 2.75) is 53.2 Å². The summed E-state index contributed by atoms with van der Waals surface area (Å²) in [4.78, 5) is 27.3. The summed E-state index contributed by atoms with van der Waals surface area (Å²) in [5.74, 6) is 0.836. The second-order valence-electron chi connectivity index (χ2n) is 7.87. The van der Waals surface area contributed by atoms with E-state index in [-0.39, 0.29) is 31.0 Å². The summed E-state index contributed by atoms with van der Waals surface area (Å²) < 4.78 is 12.1. The fourth-order valence-electron chi connectivity index (χ4n) is 3.17. The van der Waals surface area contributed by atoms with Crippen LogP contribution in [-0.2, 0) is 16.1 Å². The summed E-state index contributed by atoms with van der Waals surface area (Å²) in [6.45, 7) is 9.55. The van der Waals surface area contributed by atoms with Gasteiger partial charge >= 0.3 is 0 Å². The average Bonchev–Trinajstić information content (AvgIpc) is 2.73. The molecule has 0 saturated heterocycles. The molecule has 0 radical (unpaired) electrons. The third-order valence-electron chi connectivity index (χ3n) is 4.86. The number of rotatable bonds is 9. The van der Waals surface area contributed by atoms with Crippen molar-refractivity contribution in [2.24, 2.45) is 0 Å². The van der Waals surface area contributed by atoms with E-state index in [2.05, 4.69) is 21.2 Å². The summed E-state index contributed by atoms with van der Waals surface area (Å²) in [6.07, 6.45) is 0. The van der Waals surface area contributed by atoms with Crippen LogP contribution in [0.2, 0.25) is 0 Å². The van der Waals surface area contributed by atoms with Crippen LogP contribution in [0.5, 0.6) is 11.5 Å². The minimum Gasteiger partial charge on any atom is -0.497 e. The number of benzene rings is 2. The molecule has 0 aliphatic carbocycles. The van der Waals surface area contributed by atoms with E-state index in [4.69, 9.17) is 9.47 Å². The third kappa shape index (κ3) is 6.99. The molecule has 0 saturated carbocycles. The van der Waals surface area contributed by atoms with Crippen LogP contribution < -0.4 is 14.8 Å². The third-order valence-corrected chi connectivity index (χ3v) is 6.11. The minimum absolute atomic E-state index is 0.0197. The zero-order valence-electron chi connectivity index (χ0n) is 19.0. The zero-order chi connectivity index (χ0) is 23.1. The molecule has 1 unspecified atom stereocenters. The molecule has 0 bridgehead atoms. The van der Waals surface area contributed by atoms with Crippen LogP contribution in [-0.4, -0.2) is 42.5 Å². The van der Waals surface area contributed by atoms with Crippen LogP contribution in [0, 0.1) is 13.8 Å². The van der Waals surface area contributed by atoms with Crippen LogP contribution in [0.3, 0.4) is 0 Å². The van der Waals surface area contributed by atoms with Gasteiger partial charge in [0.15, 0.2) is 6.61 Å². The van der Waals surface area contributed by atoms with Gasteiger partial charge in [-0.05, 0) is 75.6 Å². The van der Waals surface area contributed by atoms with Gasteiger partial charge in [0.2, 0.25) is 5.91 Å². The van der Waals surface area contributed by atoms with Gasteiger partial charge in [0, 0.05) is 17.1 Å². The monoisotopic (exact) mass is 490 g/mol. The van der Waals surface area contributed by atoms with Crippen molar-refractivity contribution in [2.75, 3.05) is 13.7 Å². The Hall–Kier alpha value is -2.54. The Balaban J connectivity index is 2.21. The number of methoxy groups -OCH3 is 1. The lowest BCUT2D eigenvalue weighted by molar-refractivity contribution is -0.142. The largest absolute Gasteiger partial charge is 0.497 e. The average molecular weight is 491 g/mol. The standard InChI is InChI=1S/C24H31BrN2O4/c1-15(2)26-24(29)18(5)27(13-19-8-7-9-20(12-19)30-6)22(28)14-31-21-10-16(3)23(25)17(4)11-21/h7-12,15,18H,13-14H2,1-6H3,(H,26,29). The number of halogens is 1. The predicted molar refractivity (Wildman–Crippen MR) is 125 cm³/mol. The summed E-state index contributed by atoms with van der Waals surface area (Å²) in [5, 5.41) is 2.88. The quantitative estimate of drug-likeness (QED) is 0.565. The van der Waals surface area contributed by atoms with Crippen LogP contribution in [0.25, 0.3) is 0 Å². The van der Waals surface area contributed by atoms with Gasteiger partial charge in [-0.3, -0.25) is 9.59 Å². The molecular weight excluding hydrogens is 460 g/mol. The second-order valence-corrected chi connectivity index (χ2v) is 8.67. The van der Waals surface area contributed by atoms with Crippen molar-refractivity contribution in [3.05, 3.63) is 57.6 Å². The fraction of sp³-hybridized carbons (Fsp3) is 0.417. The second kappa shape index (κ2) is 11.2. The molecule has 2 rings (SSSR count). The van der Waals surface area contributed by atoms with Gasteiger partial charge in [-0.25, -0.2) is 0 Å². The van der Waals surface area contributed by atoms with Crippen LogP contribution in [0.4, 0.5) is 0 Å². The molecule has 0 aliphatic heterocycles. The van der Waals surface area contributed by atoms with Gasteiger partial charge in [-0.15, -0.1) is 0 Å². The number of aryl methyl sites for hydroxylation is 2. The molecule has 7 heteroatoms. The molecule has 31 heavy (non-hydrogen) atoms. The number of carbonyl (C=O) groups is 2. The van der Waals surface area contributed by atoms with Crippen molar-refractivity contribution in [3.8, 4) is 11.5 Å². The molecule has 6 nitrogen and oxygen atoms in total. The number of hydrogen-bond donors (Lipinski definition) is 1. The van der Waals surface area contributed by atoms with Crippen LogP contribution >= 0.6 is 15.9 Å². The lowest BCUT2D eigenvalue weighted by Crippen LogP contribution is -2.50. The van der Waals surface area contributed by atoms with Gasteiger partial charge in [0.1, 0.15) is 17.5 Å². The van der Waals surface area contributed by atoms with Gasteiger partial charge < -0.3 is 19.7 Å². The summed E-state index contributed by atoms with van der Waals surface area (Å²) in [5.41, 5.74) is 2.92. The number of nitrogens with one attached hydrogen (secondary N) is 1. The Morgan fingerprint density at radius 1 is 1.06 bits per heavy atom. The van der Waals surface area contributed by atoms with E-state index in [9.17, 15) is 9.59 Å². The van der Waals surface area contributed by atoms with Crippen molar-refractivity contribution in [3.63, 3.8) is 0 Å². The van der Waals surface area contributed by atoms with E-state index < -0.39 is 6.04 Å². The maximum Gasteiger partial charge on any atom is 0.261 e. The zero-order valence-corrected chi connectivity index (χ0v) is 20.6. The molecule has 0 aliphatic rings. The highest BCUT2D eigenvalue weighted by Gasteiger charge is 2.27. The highest BCUT2D eigenvalue weighted by atomic mass is 79.9. The summed E-state index contributed by atoms with van der Waals surface area (Å²) >= 11 is 3.53. The number of nitrogens with zero attached hydrogens (tertiary/aromatic N) is 1. The number of carbonyl (C=O) groups excluding carboxylic acids is 2. The maximum absolute atomic E-state index is 13.1. The molecule has 0 aromatic heterocycles. The van der Waals surface area contributed by atoms with E-state index in [0.29, 0.717) is 11.5 Å². The number of amides is 2. The Kier molecular flexibility index (Phi) is 8.92. The molecule has 0 fully saturated rings. The van der Waals surface area contributed by atoms with Crippen LogP contribution in [0.1, 0.15) is 37.5 Å². The molecular formula is C24H31BrN2O4. The Morgan fingerprint density at radius 2 is 1.71 bits per heavy atom. The Labute approximate surface area is 193 Å². The van der Waals surface area contributed by atoms with E-state index >= 15 is 0 Å². The molecule has 0 heterocycles. The Bertz CT molecular complexity index is 907. The van der Waals surface area contributed by atoms with E-state index in [1.165, 1.54) is 4.90 Å². The van der Waals surface area contributed by atoms with Crippen LogP contribution in [0.15, 0.2) is 40.9 Å². The summed E-state index contributed by atoms with van der Waals surface area (Å²) in [7, 11) is 1.59. The smallest absolute Gasteiger partial charge is 0.261 e. The van der Waals surface area contributed by atoms with Gasteiger partial charge in [-0.2, -0.15) is 0 Å². The molecule has 1 atom stereocenters. The first-order chi connectivity index (χ1) is 14.6. The van der Waals surface area contributed by atoms with Crippen molar-refractivity contribution in [1.29, 1.82) is 0 Å². The van der Waals surface area contributed by atoms with E-state index in [1.807, 2.05) is 64.1 Å². The van der Waals surface area contributed by atoms with Crippen molar-refractivity contribution in [1.82, 2.24) is 10.2 Å². The Morgan fingerprint density at radius 3 is 2.29 bits per heavy atom. The normalized spacial score (nSPS) is 11.7.